The van der Waals surface area contributed by atoms with E-state index >= 15 is 47.9 Å². The quantitative estimate of drug-likeness (QED) is 0.00963. The zero-order chi connectivity index (χ0) is 97.8. The number of urea groups is 1. The normalized spacial score (nSPS) is 20.9. The summed E-state index contributed by atoms with van der Waals surface area (Å²) < 4.78 is 0. The zero-order valence-electron chi connectivity index (χ0n) is 74.1. The van der Waals surface area contributed by atoms with Gasteiger partial charge in [0.25, 0.3) is 0 Å². The summed E-state index contributed by atoms with van der Waals surface area (Å²) >= 11 is 0. The summed E-state index contributed by atoms with van der Waals surface area (Å²) in [5.41, 5.74) is 51.9. The van der Waals surface area contributed by atoms with Crippen molar-refractivity contribution in [3.05, 3.63) is 59.7 Å². The number of hydrogen-bond acceptors (Lipinski definition) is 27. The number of hydrogen-bond donors (Lipinski definition) is 34. The number of nitrogens with one attached hydrogen (secondary N) is 23. The number of benzene rings is 2. The molecule has 2 heterocycles. The number of aromatic hydroxyl groups is 2. The van der Waals surface area contributed by atoms with Gasteiger partial charge in [0.15, 0.2) is 29.8 Å². The molecule has 0 saturated carbocycles. The Hall–Kier alpha value is -13.0. The summed E-state index contributed by atoms with van der Waals surface area (Å²) in [7, 11) is 1.55. The van der Waals surface area contributed by atoms with Gasteiger partial charge >= 0.3 is 6.03 Å². The molecular formula is C80H135N33O17S2. The van der Waals surface area contributed by atoms with Gasteiger partial charge in [-0.3, -0.25) is 89.4 Å². The first-order valence-corrected chi connectivity index (χ1v) is 46.1. The molecule has 4 rings (SSSR count). The summed E-state index contributed by atoms with van der Waals surface area (Å²) in [6.07, 6.45) is 0.0258. The monoisotopic (exact) mass is 1890 g/mol. The Labute approximate surface area is 772 Å². The van der Waals surface area contributed by atoms with E-state index in [2.05, 4.69) is 95.7 Å². The lowest BCUT2D eigenvalue weighted by Crippen LogP contribution is -2.61. The van der Waals surface area contributed by atoms with Gasteiger partial charge in [0.1, 0.15) is 90.3 Å². The summed E-state index contributed by atoms with van der Waals surface area (Å²) in [6, 6.07) is -11.6. The molecule has 2 aliphatic heterocycles. The van der Waals surface area contributed by atoms with Crippen molar-refractivity contribution in [2.75, 3.05) is 70.4 Å². The first-order chi connectivity index (χ1) is 62.8. The van der Waals surface area contributed by atoms with E-state index in [-0.39, 0.29) is 204 Å². The van der Waals surface area contributed by atoms with Crippen LogP contribution in [0.4, 0.5) is 4.79 Å². The Morgan fingerprint density at radius 2 is 0.841 bits per heavy atom. The van der Waals surface area contributed by atoms with Crippen LogP contribution in [0.5, 0.6) is 11.5 Å². The van der Waals surface area contributed by atoms with Crippen LogP contribution in [0.3, 0.4) is 0 Å². The molecule has 43 N–H and O–H groups in total. The molecule has 0 aromatic heterocycles. The van der Waals surface area contributed by atoms with Crippen LogP contribution in [0.25, 0.3) is 0 Å². The van der Waals surface area contributed by atoms with Crippen molar-refractivity contribution in [3.63, 3.8) is 0 Å². The third kappa shape index (κ3) is 43.6. The number of nitrogens with two attached hydrogens (primary N) is 9. The van der Waals surface area contributed by atoms with Crippen molar-refractivity contribution >= 4 is 140 Å². The number of nitrogens with zero attached hydrogens (tertiary/aromatic N) is 1. The Bertz CT molecular complexity index is 4180. The lowest BCUT2D eigenvalue weighted by molar-refractivity contribution is -0.142. The van der Waals surface area contributed by atoms with Gasteiger partial charge in [-0.1, -0.05) is 45.9 Å². The number of primary amides is 1. The van der Waals surface area contributed by atoms with E-state index in [1.807, 2.05) is 0 Å². The Morgan fingerprint density at radius 1 is 0.455 bits per heavy atom. The molecule has 2 aromatic rings. The van der Waals surface area contributed by atoms with Gasteiger partial charge in [-0.05, 0) is 184 Å². The molecule has 0 radical (unpaired) electrons. The Kier molecular flexibility index (Phi) is 51.3. The minimum absolute atomic E-state index is 0.00687. The molecule has 2 saturated heterocycles. The molecule has 734 valence electrons. The first kappa shape index (κ1) is 111. The molecule has 2 aromatic carbocycles. The number of rotatable bonds is 45. The highest BCUT2D eigenvalue weighted by atomic mass is 33.1. The molecule has 132 heavy (non-hydrogen) atoms. The van der Waals surface area contributed by atoms with Crippen molar-refractivity contribution < 1.29 is 82.1 Å². The second-order valence-corrected chi connectivity index (χ2v) is 34.2. The number of aldehydes is 1. The SMILES string of the molecule is C[C@H](NC(=O)[C@@H](N)CCCNC(=N)N)C(=O)N[C@@H](CCCNC(=N)N)C(=O)N[C@H]1CSSC[C@@H](C(=O)N[C@H](C=O)CCCNC(=N)N)NC(=O)[C@H](CCCNC(N)=O)NC(=O)[C@H](CCCNC(=N)N)NC(=O)[C@H](Cc2ccc(O)cc2)NC(=O)[C@@H]2CCCN2C(=O)[C@@H](CCCCN)NC(=O)[C@H](CCCCN)NC(=O)[C@H](CCCNC(=N)N)NC(=O)[C@H](Cc2ccc(O)cc2)NC1=O. The van der Waals surface area contributed by atoms with E-state index in [0.29, 0.717) is 24.7 Å². The van der Waals surface area contributed by atoms with Crippen molar-refractivity contribution in [2.45, 2.75) is 233 Å². The fraction of sp³-hybridized carbons (Fsp3) is 0.600. The van der Waals surface area contributed by atoms with Crippen LogP contribution >= 0.6 is 21.6 Å². The first-order valence-electron chi connectivity index (χ1n) is 43.6. The van der Waals surface area contributed by atoms with Gasteiger partial charge in [0, 0.05) is 70.2 Å². The minimum Gasteiger partial charge on any atom is -0.508 e. The predicted molar refractivity (Wildman–Crippen MR) is 495 cm³/mol. The number of fused-ring (bicyclic) bond motifs is 1. The molecule has 2 aliphatic rings. The van der Waals surface area contributed by atoms with Crippen LogP contribution in [0.15, 0.2) is 48.5 Å². The van der Waals surface area contributed by atoms with Crippen LogP contribution in [0.2, 0.25) is 0 Å². The lowest BCUT2D eigenvalue weighted by Gasteiger charge is -2.31. The van der Waals surface area contributed by atoms with Gasteiger partial charge in [-0.2, -0.15) is 0 Å². The third-order valence-corrected chi connectivity index (χ3v) is 23.3. The average molecular weight is 1900 g/mol. The van der Waals surface area contributed by atoms with E-state index in [1.54, 1.807) is 0 Å². The van der Waals surface area contributed by atoms with Crippen LogP contribution in [-0.2, 0) is 80.0 Å². The molecule has 14 atom stereocenters. The summed E-state index contributed by atoms with van der Waals surface area (Å²) in [5.74, 6) is -16.2. The fourth-order valence-electron chi connectivity index (χ4n) is 13.8. The van der Waals surface area contributed by atoms with Crippen LogP contribution < -0.4 is 147 Å². The smallest absolute Gasteiger partial charge is 0.312 e. The topological polar surface area (TPSA) is 870 Å². The predicted octanol–water partition coefficient (Wildman–Crippen LogP) is -8.34. The molecule has 2 fully saturated rings. The van der Waals surface area contributed by atoms with Crippen LogP contribution in [0.1, 0.15) is 146 Å². The van der Waals surface area contributed by atoms with Crippen molar-refractivity contribution in [3.8, 4) is 11.5 Å². The second-order valence-electron chi connectivity index (χ2n) is 31.6. The highest BCUT2D eigenvalue weighted by Crippen LogP contribution is 2.26. The number of carbonyl (C=O) groups is 15. The molecule has 0 bridgehead atoms. The van der Waals surface area contributed by atoms with E-state index in [9.17, 15) is 34.2 Å². The van der Waals surface area contributed by atoms with E-state index in [0.717, 1.165) is 21.6 Å². The zero-order valence-corrected chi connectivity index (χ0v) is 75.7. The van der Waals surface area contributed by atoms with Gasteiger partial charge < -0.3 is 167 Å². The van der Waals surface area contributed by atoms with Gasteiger partial charge in [0.05, 0.1) is 12.1 Å². The van der Waals surface area contributed by atoms with E-state index < -0.39 is 209 Å². The molecule has 15 amide bonds. The summed E-state index contributed by atoms with van der Waals surface area (Å²) in [4.78, 5) is 221. The van der Waals surface area contributed by atoms with Gasteiger partial charge in [-0.25, -0.2) is 4.79 Å². The minimum atomic E-state index is -1.84. The summed E-state index contributed by atoms with van der Waals surface area (Å²) in [6.45, 7) is 1.45. The van der Waals surface area contributed by atoms with Crippen molar-refractivity contribution in [1.82, 2.24) is 101 Å². The maximum absolute atomic E-state index is 15.6. The third-order valence-electron chi connectivity index (χ3n) is 20.9. The molecule has 0 spiro atoms. The van der Waals surface area contributed by atoms with Crippen molar-refractivity contribution in [2.24, 2.45) is 51.6 Å². The maximum Gasteiger partial charge on any atom is 0.312 e. The maximum atomic E-state index is 15.6. The number of guanidine groups is 5. The highest BCUT2D eigenvalue weighted by Gasteiger charge is 2.42. The lowest BCUT2D eigenvalue weighted by atomic mass is 10.0. The Morgan fingerprint density at radius 3 is 1.29 bits per heavy atom. The van der Waals surface area contributed by atoms with E-state index in [4.69, 9.17) is 78.6 Å². The number of amides is 15. The number of carbonyl (C=O) groups excluding carboxylic acids is 15. The largest absolute Gasteiger partial charge is 0.508 e. The molecule has 0 unspecified atom stereocenters. The van der Waals surface area contributed by atoms with Crippen LogP contribution in [0, 0.1) is 27.0 Å². The number of phenols is 2. The second kappa shape index (κ2) is 60.8. The van der Waals surface area contributed by atoms with Gasteiger partial charge in [-0.15, -0.1) is 0 Å². The van der Waals surface area contributed by atoms with Crippen molar-refractivity contribution in [1.29, 1.82) is 27.0 Å². The number of unbranched alkanes of at least 4 members (excludes halogenated alkanes) is 2. The van der Waals surface area contributed by atoms with E-state index in [1.165, 1.54) is 60.4 Å². The fourth-order valence-corrected chi connectivity index (χ4v) is 16.1. The highest BCUT2D eigenvalue weighted by molar-refractivity contribution is 8.76. The summed E-state index contributed by atoms with van der Waals surface area (Å²) in [5, 5.41) is 107. The number of phenolic OH excluding ortho intramolecular Hbond substituents is 2. The average Bonchev–Trinajstić information content (AvgIpc) is 1.60. The molecule has 52 heteroatoms. The molecular weight excluding hydrogens is 1760 g/mol. The van der Waals surface area contributed by atoms with Crippen LogP contribution in [-0.4, -0.2) is 289 Å². The molecule has 50 nitrogen and oxygen atoms in total. The molecule has 0 aliphatic carbocycles. The Balaban J connectivity index is 2.09. The van der Waals surface area contributed by atoms with Gasteiger partial charge in [0.2, 0.25) is 76.8 Å². The standard InChI is InChI=1S/C80H135N33O17S2/c1-44(101-63(118)50(83)14-7-33-96-76(86)87)62(117)103-52(17-8-34-97-77(88)89)67(122)112-60-43-132-131-42-59(71(126)102-47(41-114)13-6-32-95-75(84)85)111-68(123)55(20-11-37-100-80(94)130)105-65(120)54(19-10-36-99-79(92)93)107-70(125)58(40-46-24-28-49(116)29-25-46)110-73(128)61-21-12-38-113(61)74(129)56(16-3-5-31-82)108-66(121)51(15-2-4-30-81)104-64(119)53(18-9-35-98-78(90)91)106-69(124)57(109-72(60)127)39-45-22-26-48(115)27-23-45/h22-29,41,44,47,50-61,115-116H,2-21,30-40,42-43,81-83H2,1H3,(H,101,118)(H,102,126)(H,103,117)(H,104,119)(H,105,120)(H,106,124)(H,107,125)(H,108,121)(H,109,127)(H,110,128)(H,111,123)(H,112,122)(H4,84,85,95)(H4,86,87,96)(H4,88,89,97)(H4,90,91,98)(H4,92,93,99)(H3,94,100,130)/t44-,47-,50-,51-,52-,53-,54-,55-,56+,57-,58-,59-,60-,61-/m0/s1.